The van der Waals surface area contributed by atoms with Crippen molar-refractivity contribution in [3.63, 3.8) is 0 Å². The van der Waals surface area contributed by atoms with Crippen LogP contribution < -0.4 is 5.32 Å². The number of piperidine rings is 1. The van der Waals surface area contributed by atoms with E-state index in [1.54, 1.807) is 0 Å². The number of carbonyl (C=O) groups is 1. The largest absolute Gasteiger partial charge is 0.411 e. The van der Waals surface area contributed by atoms with Gasteiger partial charge in [0, 0.05) is 24.7 Å². The molecule has 1 saturated heterocycles. The van der Waals surface area contributed by atoms with Gasteiger partial charge >= 0.3 is 0 Å². The maximum absolute atomic E-state index is 12.1. The number of nitrogens with one attached hydrogen (secondary N) is 1. The van der Waals surface area contributed by atoms with Gasteiger partial charge in [0.05, 0.1) is 5.75 Å². The molecule has 0 aliphatic carbocycles. The molecule has 0 saturated carbocycles. The van der Waals surface area contributed by atoms with Crippen molar-refractivity contribution in [2.24, 2.45) is 0 Å². The van der Waals surface area contributed by atoms with Crippen LogP contribution in [-0.4, -0.2) is 52.4 Å². The molecule has 1 aliphatic rings. The molecule has 0 atom stereocenters. The molecular weight excluding hydrogens is 324 g/mol. The number of aromatic nitrogens is 2. The summed E-state index contributed by atoms with van der Waals surface area (Å²) in [6.07, 6.45) is 2.03. The predicted molar refractivity (Wildman–Crippen MR) is 93.7 cm³/mol. The van der Waals surface area contributed by atoms with E-state index in [4.69, 9.17) is 4.42 Å². The van der Waals surface area contributed by atoms with Crippen LogP contribution in [0.5, 0.6) is 0 Å². The van der Waals surface area contributed by atoms with Crippen LogP contribution in [0.25, 0.3) is 11.5 Å². The first kappa shape index (κ1) is 17.0. The minimum Gasteiger partial charge on any atom is -0.411 e. The van der Waals surface area contributed by atoms with Crippen molar-refractivity contribution in [1.82, 2.24) is 20.4 Å². The minimum atomic E-state index is 0.0226. The number of benzene rings is 1. The Hall–Kier alpha value is -1.86. The molecule has 1 fully saturated rings. The van der Waals surface area contributed by atoms with Gasteiger partial charge in [-0.1, -0.05) is 36.9 Å². The van der Waals surface area contributed by atoms with E-state index in [0.29, 0.717) is 16.9 Å². The first-order valence-corrected chi connectivity index (χ1v) is 9.26. The summed E-state index contributed by atoms with van der Waals surface area (Å²) in [5.41, 5.74) is 0.879. The molecular formula is C17H22N4O2S. The van der Waals surface area contributed by atoms with E-state index < -0.39 is 0 Å². The second-order valence-corrected chi connectivity index (χ2v) is 6.73. The van der Waals surface area contributed by atoms with Crippen molar-refractivity contribution >= 4 is 17.7 Å². The Morgan fingerprint density at radius 2 is 2.04 bits per heavy atom. The summed E-state index contributed by atoms with van der Waals surface area (Å²) in [6, 6.07) is 9.88. The third-order valence-electron chi connectivity index (χ3n) is 4.15. The van der Waals surface area contributed by atoms with E-state index in [2.05, 4.69) is 27.3 Å². The predicted octanol–water partition coefficient (Wildman–Crippen LogP) is 2.43. The molecule has 1 aromatic carbocycles. The van der Waals surface area contributed by atoms with Crippen LogP contribution in [-0.2, 0) is 4.79 Å². The number of thioether (sulfide) groups is 1. The Morgan fingerprint density at radius 1 is 1.29 bits per heavy atom. The van der Waals surface area contributed by atoms with Gasteiger partial charge in [0.25, 0.3) is 5.22 Å². The second-order valence-electron chi connectivity index (χ2n) is 5.80. The third kappa shape index (κ3) is 4.58. The first-order valence-electron chi connectivity index (χ1n) is 8.28. The molecule has 0 unspecified atom stereocenters. The molecule has 1 aliphatic heterocycles. The van der Waals surface area contributed by atoms with E-state index >= 15 is 0 Å². The van der Waals surface area contributed by atoms with E-state index in [9.17, 15) is 4.79 Å². The van der Waals surface area contributed by atoms with Gasteiger partial charge in [0.1, 0.15) is 0 Å². The molecule has 1 amide bonds. The van der Waals surface area contributed by atoms with E-state index in [1.165, 1.54) is 11.8 Å². The van der Waals surface area contributed by atoms with Crippen molar-refractivity contribution in [1.29, 1.82) is 0 Å². The summed E-state index contributed by atoms with van der Waals surface area (Å²) in [4.78, 5) is 14.5. The molecule has 0 bridgehead atoms. The van der Waals surface area contributed by atoms with Crippen LogP contribution in [0.4, 0.5) is 0 Å². The number of rotatable bonds is 6. The number of amides is 1. The van der Waals surface area contributed by atoms with Crippen LogP contribution in [0.3, 0.4) is 0 Å². The summed E-state index contributed by atoms with van der Waals surface area (Å²) in [7, 11) is 0. The number of nitrogens with zero attached hydrogens (tertiary/aromatic N) is 3. The smallest absolute Gasteiger partial charge is 0.277 e. The lowest BCUT2D eigenvalue weighted by Gasteiger charge is -2.31. The highest BCUT2D eigenvalue weighted by molar-refractivity contribution is 7.99. The second kappa shape index (κ2) is 8.30. The zero-order chi connectivity index (χ0) is 16.8. The monoisotopic (exact) mass is 346 g/mol. The molecule has 24 heavy (non-hydrogen) atoms. The van der Waals surface area contributed by atoms with E-state index in [-0.39, 0.29) is 11.9 Å². The summed E-state index contributed by atoms with van der Waals surface area (Å²) in [5, 5.41) is 11.5. The first-order chi connectivity index (χ1) is 11.7. The zero-order valence-corrected chi connectivity index (χ0v) is 14.6. The molecule has 3 rings (SSSR count). The van der Waals surface area contributed by atoms with Gasteiger partial charge in [0.2, 0.25) is 11.8 Å². The van der Waals surface area contributed by atoms with Crippen molar-refractivity contribution in [2.45, 2.75) is 31.0 Å². The van der Waals surface area contributed by atoms with Crippen molar-refractivity contribution in [3.05, 3.63) is 30.3 Å². The molecule has 128 valence electrons. The molecule has 7 heteroatoms. The molecule has 1 N–H and O–H groups in total. The molecule has 0 spiro atoms. The lowest BCUT2D eigenvalue weighted by molar-refractivity contribution is -0.119. The Bertz CT molecular complexity index is 654. The van der Waals surface area contributed by atoms with Crippen LogP contribution in [0.15, 0.2) is 40.0 Å². The van der Waals surface area contributed by atoms with Gasteiger partial charge in [-0.2, -0.15) is 0 Å². The average Bonchev–Trinajstić information content (AvgIpc) is 3.10. The molecule has 0 radical (unpaired) electrons. The summed E-state index contributed by atoms with van der Waals surface area (Å²) < 4.78 is 5.59. The Kier molecular flexibility index (Phi) is 5.87. The van der Waals surface area contributed by atoms with Crippen molar-refractivity contribution in [3.8, 4) is 11.5 Å². The fourth-order valence-electron chi connectivity index (χ4n) is 2.76. The number of hydrogen-bond donors (Lipinski definition) is 1. The summed E-state index contributed by atoms with van der Waals surface area (Å²) in [6.45, 7) is 5.36. The van der Waals surface area contributed by atoms with Gasteiger partial charge in [-0.15, -0.1) is 10.2 Å². The van der Waals surface area contributed by atoms with Gasteiger partial charge in [0.15, 0.2) is 0 Å². The Morgan fingerprint density at radius 3 is 2.75 bits per heavy atom. The molecule has 2 heterocycles. The van der Waals surface area contributed by atoms with E-state index in [0.717, 1.165) is 38.0 Å². The minimum absolute atomic E-state index is 0.0226. The summed E-state index contributed by atoms with van der Waals surface area (Å²) in [5.74, 6) is 0.796. The molecule has 1 aromatic heterocycles. The SMILES string of the molecule is CCN1CCC(NC(=O)CSc2nnc(-c3ccccc3)o2)CC1. The fraction of sp³-hybridized carbons (Fsp3) is 0.471. The van der Waals surface area contributed by atoms with E-state index in [1.807, 2.05) is 30.3 Å². The molecule has 6 nitrogen and oxygen atoms in total. The standard InChI is InChI=1S/C17H22N4O2S/c1-2-21-10-8-14(9-11-21)18-15(22)12-24-17-20-19-16(23-17)13-6-4-3-5-7-13/h3-7,14H,2,8-12H2,1H3,(H,18,22). The lowest BCUT2D eigenvalue weighted by atomic mass is 10.1. The van der Waals surface area contributed by atoms with Crippen LogP contribution >= 0.6 is 11.8 Å². The quantitative estimate of drug-likeness (QED) is 0.810. The normalized spacial score (nSPS) is 16.2. The van der Waals surface area contributed by atoms with Gasteiger partial charge in [-0.3, -0.25) is 4.79 Å². The van der Waals surface area contributed by atoms with Crippen LogP contribution in [0.2, 0.25) is 0 Å². The average molecular weight is 346 g/mol. The Labute approximate surface area is 146 Å². The zero-order valence-electron chi connectivity index (χ0n) is 13.8. The lowest BCUT2D eigenvalue weighted by Crippen LogP contribution is -2.45. The fourth-order valence-corrected chi connectivity index (χ4v) is 3.33. The third-order valence-corrected chi connectivity index (χ3v) is 4.97. The van der Waals surface area contributed by atoms with Crippen molar-refractivity contribution in [2.75, 3.05) is 25.4 Å². The summed E-state index contributed by atoms with van der Waals surface area (Å²) >= 11 is 1.27. The number of hydrogen-bond acceptors (Lipinski definition) is 6. The van der Waals surface area contributed by atoms with Crippen LogP contribution in [0.1, 0.15) is 19.8 Å². The maximum Gasteiger partial charge on any atom is 0.277 e. The maximum atomic E-state index is 12.1. The Balaban J connectivity index is 1.44. The van der Waals surface area contributed by atoms with Crippen LogP contribution in [0, 0.1) is 0 Å². The highest BCUT2D eigenvalue weighted by Crippen LogP contribution is 2.22. The topological polar surface area (TPSA) is 71.3 Å². The number of likely N-dealkylation sites (tertiary alicyclic amines) is 1. The van der Waals surface area contributed by atoms with Gasteiger partial charge < -0.3 is 14.6 Å². The molecule has 2 aromatic rings. The number of carbonyl (C=O) groups excluding carboxylic acids is 1. The van der Waals surface area contributed by atoms with Crippen molar-refractivity contribution < 1.29 is 9.21 Å². The van der Waals surface area contributed by atoms with Gasteiger partial charge in [-0.25, -0.2) is 0 Å². The highest BCUT2D eigenvalue weighted by Gasteiger charge is 2.20. The highest BCUT2D eigenvalue weighted by atomic mass is 32.2. The van der Waals surface area contributed by atoms with Gasteiger partial charge in [-0.05, 0) is 31.5 Å².